The van der Waals surface area contributed by atoms with Gasteiger partial charge in [-0.1, -0.05) is 30.3 Å². The Bertz CT molecular complexity index is 684. The number of amides is 1. The summed E-state index contributed by atoms with van der Waals surface area (Å²) < 4.78 is 5.02. The van der Waals surface area contributed by atoms with E-state index in [1.54, 1.807) is 13.0 Å². The van der Waals surface area contributed by atoms with Gasteiger partial charge in [0, 0.05) is 12.7 Å². The Hall–Kier alpha value is -2.67. The summed E-state index contributed by atoms with van der Waals surface area (Å²) in [5, 5.41) is 18.5. The third-order valence-electron chi connectivity index (χ3n) is 3.31. The number of hydrogen-bond donors (Lipinski definition) is 3. The fourth-order valence-corrected chi connectivity index (χ4v) is 2.32. The van der Waals surface area contributed by atoms with Gasteiger partial charge in [0.25, 0.3) is 5.91 Å². The molecule has 0 aliphatic rings. The van der Waals surface area contributed by atoms with E-state index in [0.717, 1.165) is 5.56 Å². The lowest BCUT2D eigenvalue weighted by Gasteiger charge is -2.28. The van der Waals surface area contributed by atoms with Gasteiger partial charge in [0.1, 0.15) is 5.69 Å². The van der Waals surface area contributed by atoms with Gasteiger partial charge in [0.05, 0.1) is 24.3 Å². The van der Waals surface area contributed by atoms with Gasteiger partial charge in [-0.2, -0.15) is 5.10 Å². The number of methoxy groups -OCH3 is 1. The number of carbonyl (C=O) groups excluding carboxylic acids is 1. The summed E-state index contributed by atoms with van der Waals surface area (Å²) in [5.74, 6) is -1.44. The number of benzene rings is 1. The smallest absolute Gasteiger partial charge is 0.305 e. The van der Waals surface area contributed by atoms with Crippen molar-refractivity contribution in [2.45, 2.75) is 18.9 Å². The lowest BCUT2D eigenvalue weighted by Crippen LogP contribution is -2.50. The van der Waals surface area contributed by atoms with Gasteiger partial charge in [-0.3, -0.25) is 14.7 Å². The van der Waals surface area contributed by atoms with Crippen molar-refractivity contribution in [2.24, 2.45) is 0 Å². The number of carboxylic acid groups (broad SMARTS) is 1. The van der Waals surface area contributed by atoms with Crippen LogP contribution in [0.3, 0.4) is 0 Å². The first-order valence-electron chi connectivity index (χ1n) is 7.07. The molecule has 0 saturated heterocycles. The van der Waals surface area contributed by atoms with E-state index in [1.807, 2.05) is 30.3 Å². The molecule has 1 atom stereocenters. The average Bonchev–Trinajstić information content (AvgIpc) is 2.97. The summed E-state index contributed by atoms with van der Waals surface area (Å²) in [6.07, 6.45) is -0.244. The number of hydrogen-bond acceptors (Lipinski definition) is 4. The van der Waals surface area contributed by atoms with Crippen molar-refractivity contribution in [3.63, 3.8) is 0 Å². The van der Waals surface area contributed by atoms with Crippen LogP contribution in [0, 0.1) is 0 Å². The van der Waals surface area contributed by atoms with E-state index in [1.165, 1.54) is 7.11 Å². The van der Waals surface area contributed by atoms with Crippen molar-refractivity contribution in [2.75, 3.05) is 13.7 Å². The molecule has 1 heterocycles. The lowest BCUT2D eigenvalue weighted by atomic mass is 9.98. The minimum absolute atomic E-state index is 0.0880. The monoisotopic (exact) mass is 317 g/mol. The number of carboxylic acids is 1. The Kier molecular flexibility index (Phi) is 5.13. The number of nitrogens with one attached hydrogen (secondary N) is 2. The molecule has 1 aromatic carbocycles. The zero-order valence-electron chi connectivity index (χ0n) is 13.0. The van der Waals surface area contributed by atoms with E-state index in [-0.39, 0.29) is 18.7 Å². The third-order valence-corrected chi connectivity index (χ3v) is 3.31. The van der Waals surface area contributed by atoms with Crippen molar-refractivity contribution >= 4 is 11.9 Å². The van der Waals surface area contributed by atoms with Crippen molar-refractivity contribution in [1.82, 2.24) is 15.5 Å². The molecule has 23 heavy (non-hydrogen) atoms. The standard InChI is InChI=1S/C16H19N3O4/c1-16(10-23-2,9-14(20)21)17-15(22)13-8-12(18-19-13)11-6-4-3-5-7-11/h3-8H,9-10H2,1-2H3,(H,17,22)(H,18,19)(H,20,21). The number of aromatic amines is 1. The first kappa shape index (κ1) is 16.7. The Balaban J connectivity index is 2.14. The quantitative estimate of drug-likeness (QED) is 0.721. The largest absolute Gasteiger partial charge is 0.481 e. The van der Waals surface area contributed by atoms with Crippen LogP contribution in [0.15, 0.2) is 36.4 Å². The molecule has 2 aromatic rings. The zero-order chi connectivity index (χ0) is 16.9. The summed E-state index contributed by atoms with van der Waals surface area (Å²) in [4.78, 5) is 23.3. The van der Waals surface area contributed by atoms with E-state index in [4.69, 9.17) is 9.84 Å². The van der Waals surface area contributed by atoms with Crippen LogP contribution in [0.2, 0.25) is 0 Å². The van der Waals surface area contributed by atoms with Gasteiger partial charge >= 0.3 is 5.97 Å². The topological polar surface area (TPSA) is 104 Å². The molecule has 7 heteroatoms. The van der Waals surface area contributed by atoms with Crippen LogP contribution in [0.1, 0.15) is 23.8 Å². The summed E-state index contributed by atoms with van der Waals surface area (Å²) in [5.41, 5.74) is 0.780. The molecule has 7 nitrogen and oxygen atoms in total. The molecular formula is C16H19N3O4. The molecule has 1 amide bonds. The lowest BCUT2D eigenvalue weighted by molar-refractivity contribution is -0.139. The van der Waals surface area contributed by atoms with E-state index < -0.39 is 17.4 Å². The highest BCUT2D eigenvalue weighted by atomic mass is 16.5. The number of aromatic nitrogens is 2. The minimum atomic E-state index is -1.01. The number of ether oxygens (including phenoxy) is 1. The molecule has 3 N–H and O–H groups in total. The van der Waals surface area contributed by atoms with Crippen LogP contribution in [0.25, 0.3) is 11.3 Å². The molecule has 0 fully saturated rings. The molecular weight excluding hydrogens is 298 g/mol. The maximum absolute atomic E-state index is 12.3. The van der Waals surface area contributed by atoms with E-state index in [0.29, 0.717) is 5.69 Å². The summed E-state index contributed by atoms with van der Waals surface area (Å²) >= 11 is 0. The average molecular weight is 317 g/mol. The van der Waals surface area contributed by atoms with Crippen molar-refractivity contribution in [3.05, 3.63) is 42.1 Å². The molecule has 1 unspecified atom stereocenters. The molecule has 0 aliphatic heterocycles. The van der Waals surface area contributed by atoms with Gasteiger partial charge in [-0.05, 0) is 13.0 Å². The molecule has 122 valence electrons. The Morgan fingerprint density at radius 1 is 1.35 bits per heavy atom. The van der Waals surface area contributed by atoms with Gasteiger partial charge in [-0.25, -0.2) is 0 Å². The van der Waals surface area contributed by atoms with Gasteiger partial charge < -0.3 is 15.2 Å². The van der Waals surface area contributed by atoms with Crippen LogP contribution < -0.4 is 5.32 Å². The van der Waals surface area contributed by atoms with Gasteiger partial charge in [-0.15, -0.1) is 0 Å². The van der Waals surface area contributed by atoms with E-state index >= 15 is 0 Å². The number of rotatable bonds is 7. The van der Waals surface area contributed by atoms with Crippen LogP contribution >= 0.6 is 0 Å². The zero-order valence-corrected chi connectivity index (χ0v) is 13.0. The first-order valence-corrected chi connectivity index (χ1v) is 7.07. The predicted molar refractivity (Wildman–Crippen MR) is 84.0 cm³/mol. The van der Waals surface area contributed by atoms with Crippen molar-refractivity contribution < 1.29 is 19.4 Å². The molecule has 2 rings (SSSR count). The summed E-state index contributed by atoms with van der Waals surface area (Å²) in [6, 6.07) is 11.1. The molecule has 1 aromatic heterocycles. The Labute approximate surface area is 133 Å². The Morgan fingerprint density at radius 3 is 2.65 bits per heavy atom. The van der Waals surface area contributed by atoms with Crippen LogP contribution in [0.4, 0.5) is 0 Å². The van der Waals surface area contributed by atoms with E-state index in [9.17, 15) is 9.59 Å². The Morgan fingerprint density at radius 2 is 2.04 bits per heavy atom. The third kappa shape index (κ3) is 4.40. The summed E-state index contributed by atoms with van der Waals surface area (Å²) in [7, 11) is 1.45. The second-order valence-electron chi connectivity index (χ2n) is 5.55. The SMILES string of the molecule is COCC(C)(CC(=O)O)NC(=O)c1cc(-c2ccccc2)n[nH]1. The van der Waals surface area contributed by atoms with Gasteiger partial charge in [0.2, 0.25) is 0 Å². The molecule has 0 aliphatic carbocycles. The minimum Gasteiger partial charge on any atom is -0.481 e. The fourth-order valence-electron chi connectivity index (χ4n) is 2.32. The first-order chi connectivity index (χ1) is 10.9. The van der Waals surface area contributed by atoms with Crippen LogP contribution in [-0.4, -0.2) is 46.4 Å². The second kappa shape index (κ2) is 7.06. The normalized spacial score (nSPS) is 13.3. The number of H-pyrrole nitrogens is 1. The number of carbonyl (C=O) groups is 2. The van der Waals surface area contributed by atoms with Crippen molar-refractivity contribution in [1.29, 1.82) is 0 Å². The maximum Gasteiger partial charge on any atom is 0.305 e. The molecule has 0 spiro atoms. The van der Waals surface area contributed by atoms with Crippen molar-refractivity contribution in [3.8, 4) is 11.3 Å². The van der Waals surface area contributed by atoms with Crippen LogP contribution in [0.5, 0.6) is 0 Å². The molecule has 0 radical (unpaired) electrons. The fraction of sp³-hybridized carbons (Fsp3) is 0.312. The van der Waals surface area contributed by atoms with Gasteiger partial charge in [0.15, 0.2) is 0 Å². The number of nitrogens with zero attached hydrogens (tertiary/aromatic N) is 1. The van der Waals surface area contributed by atoms with Crippen LogP contribution in [-0.2, 0) is 9.53 Å². The second-order valence-corrected chi connectivity index (χ2v) is 5.55. The number of aliphatic carboxylic acids is 1. The van der Waals surface area contributed by atoms with E-state index in [2.05, 4.69) is 15.5 Å². The predicted octanol–water partition coefficient (Wildman–Crippen LogP) is 1.69. The highest BCUT2D eigenvalue weighted by Gasteiger charge is 2.30. The molecule has 0 bridgehead atoms. The summed E-state index contributed by atoms with van der Waals surface area (Å²) in [6.45, 7) is 1.71. The highest BCUT2D eigenvalue weighted by Crippen LogP contribution is 2.18. The molecule has 0 saturated carbocycles. The highest BCUT2D eigenvalue weighted by molar-refractivity contribution is 5.94. The maximum atomic E-state index is 12.3.